The lowest BCUT2D eigenvalue weighted by molar-refractivity contribution is -0.144. The third-order valence-electron chi connectivity index (χ3n) is 4.78. The minimum absolute atomic E-state index is 0.116. The highest BCUT2D eigenvalue weighted by atomic mass is 16.5. The number of hydrogen-bond acceptors (Lipinski definition) is 2. The van der Waals surface area contributed by atoms with Crippen LogP contribution >= 0.6 is 0 Å². The average molecular weight is 346 g/mol. The summed E-state index contributed by atoms with van der Waals surface area (Å²) in [4.78, 5) is 12.2. The molecule has 0 aliphatic rings. The smallest absolute Gasteiger partial charge is 0.306 e. The molecule has 0 saturated carbocycles. The van der Waals surface area contributed by atoms with Gasteiger partial charge < -0.3 is 4.74 Å². The van der Waals surface area contributed by atoms with Gasteiger partial charge in [-0.1, -0.05) is 79.2 Å². The molecule has 26 heavy (non-hydrogen) atoms. The molecule has 0 saturated heterocycles. The Morgan fingerprint density at radius 2 is 1.77 bits per heavy atom. The number of carbonyl (C=O) groups is 1. The predicted molar refractivity (Wildman–Crippen MR) is 107 cm³/mol. The number of hydrogen-bond donors (Lipinski definition) is 0. The molecule has 3 aromatic carbocycles. The molecular weight excluding hydrogens is 320 g/mol. The monoisotopic (exact) mass is 346 g/mol. The van der Waals surface area contributed by atoms with Gasteiger partial charge in [-0.2, -0.15) is 0 Å². The van der Waals surface area contributed by atoms with Crippen molar-refractivity contribution in [2.45, 2.75) is 39.0 Å². The Morgan fingerprint density at radius 1 is 1.00 bits per heavy atom. The number of benzene rings is 3. The summed E-state index contributed by atoms with van der Waals surface area (Å²) in [5.74, 6) is 0.0278. The Morgan fingerprint density at radius 3 is 2.62 bits per heavy atom. The first-order valence-corrected chi connectivity index (χ1v) is 9.32. The van der Waals surface area contributed by atoms with Crippen molar-refractivity contribution in [1.82, 2.24) is 0 Å². The van der Waals surface area contributed by atoms with Gasteiger partial charge in [0.05, 0.1) is 13.0 Å². The molecule has 0 aliphatic heterocycles. The second-order valence-corrected chi connectivity index (χ2v) is 6.99. The van der Waals surface area contributed by atoms with Crippen molar-refractivity contribution in [2.24, 2.45) is 0 Å². The maximum absolute atomic E-state index is 12.2. The van der Waals surface area contributed by atoms with Gasteiger partial charge in [0.1, 0.15) is 0 Å². The van der Waals surface area contributed by atoms with E-state index in [4.69, 9.17) is 4.74 Å². The van der Waals surface area contributed by atoms with Crippen molar-refractivity contribution in [3.63, 3.8) is 0 Å². The van der Waals surface area contributed by atoms with E-state index in [2.05, 4.69) is 68.4 Å². The molecule has 0 amide bonds. The molecule has 0 aromatic heterocycles. The average Bonchev–Trinajstić information content (AvgIpc) is 2.65. The molecule has 0 spiro atoms. The molecule has 2 nitrogen and oxygen atoms in total. The highest BCUT2D eigenvalue weighted by Crippen LogP contribution is 2.27. The lowest BCUT2D eigenvalue weighted by atomic mass is 9.92. The van der Waals surface area contributed by atoms with E-state index in [0.29, 0.717) is 13.0 Å². The van der Waals surface area contributed by atoms with E-state index in [0.717, 1.165) is 12.8 Å². The van der Waals surface area contributed by atoms with Crippen LogP contribution in [0.4, 0.5) is 0 Å². The number of carbonyl (C=O) groups excluding carboxylic acids is 1. The van der Waals surface area contributed by atoms with Gasteiger partial charge in [0.15, 0.2) is 0 Å². The summed E-state index contributed by atoms with van der Waals surface area (Å²) in [6.07, 6.45) is 2.21. The summed E-state index contributed by atoms with van der Waals surface area (Å²) in [5, 5.41) is 2.43. The van der Waals surface area contributed by atoms with Gasteiger partial charge in [0.25, 0.3) is 0 Å². The molecule has 3 rings (SSSR count). The summed E-state index contributed by atoms with van der Waals surface area (Å²) in [6.45, 7) is 4.67. The Kier molecular flexibility index (Phi) is 6.06. The number of aryl methyl sites for hydroxylation is 2. The van der Waals surface area contributed by atoms with Crippen LogP contribution in [0.15, 0.2) is 66.7 Å². The van der Waals surface area contributed by atoms with Crippen LogP contribution < -0.4 is 0 Å². The number of rotatable bonds is 7. The number of ether oxygens (including phenoxy) is 1. The highest BCUT2D eigenvalue weighted by Gasteiger charge is 2.14. The van der Waals surface area contributed by atoms with E-state index >= 15 is 0 Å². The van der Waals surface area contributed by atoms with Crippen LogP contribution in [0.5, 0.6) is 0 Å². The number of esters is 1. The SMILES string of the molecule is Cc1cccc(CCCOC(=O)CC(C)c2cccc3ccccc23)c1. The lowest BCUT2D eigenvalue weighted by Gasteiger charge is -2.14. The van der Waals surface area contributed by atoms with Gasteiger partial charge in [-0.05, 0) is 47.6 Å². The van der Waals surface area contributed by atoms with E-state index in [1.807, 2.05) is 12.1 Å². The van der Waals surface area contributed by atoms with Crippen molar-refractivity contribution in [3.05, 3.63) is 83.4 Å². The van der Waals surface area contributed by atoms with Gasteiger partial charge >= 0.3 is 5.97 Å². The zero-order valence-corrected chi connectivity index (χ0v) is 15.6. The fourth-order valence-electron chi connectivity index (χ4n) is 3.43. The van der Waals surface area contributed by atoms with Crippen LogP contribution in [0.1, 0.15) is 42.4 Å². The Hall–Kier alpha value is -2.61. The molecule has 0 aliphatic carbocycles. The normalized spacial score (nSPS) is 12.1. The first-order valence-electron chi connectivity index (χ1n) is 9.32. The Labute approximate surface area is 155 Å². The summed E-state index contributed by atoms with van der Waals surface area (Å²) in [7, 11) is 0. The van der Waals surface area contributed by atoms with Crippen LogP contribution in [0.25, 0.3) is 10.8 Å². The molecule has 1 atom stereocenters. The lowest BCUT2D eigenvalue weighted by Crippen LogP contribution is -2.10. The molecule has 0 N–H and O–H groups in total. The van der Waals surface area contributed by atoms with Crippen LogP contribution in [-0.2, 0) is 16.0 Å². The third kappa shape index (κ3) is 4.72. The summed E-state index contributed by atoms with van der Waals surface area (Å²) in [5.41, 5.74) is 3.77. The molecule has 134 valence electrons. The molecule has 0 heterocycles. The first-order chi connectivity index (χ1) is 12.6. The van der Waals surface area contributed by atoms with E-state index in [9.17, 15) is 4.79 Å². The second-order valence-electron chi connectivity index (χ2n) is 6.99. The van der Waals surface area contributed by atoms with E-state index in [1.54, 1.807) is 0 Å². The van der Waals surface area contributed by atoms with Gasteiger partial charge in [0.2, 0.25) is 0 Å². The quantitative estimate of drug-likeness (QED) is 0.398. The summed E-state index contributed by atoms with van der Waals surface area (Å²) < 4.78 is 5.46. The fourth-order valence-corrected chi connectivity index (χ4v) is 3.43. The van der Waals surface area contributed by atoms with Crippen molar-refractivity contribution in [3.8, 4) is 0 Å². The van der Waals surface area contributed by atoms with Gasteiger partial charge in [-0.25, -0.2) is 0 Å². The van der Waals surface area contributed by atoms with Crippen molar-refractivity contribution >= 4 is 16.7 Å². The molecule has 0 bridgehead atoms. The van der Waals surface area contributed by atoms with Crippen LogP contribution in [0.3, 0.4) is 0 Å². The highest BCUT2D eigenvalue weighted by molar-refractivity contribution is 5.86. The molecule has 2 heteroatoms. The van der Waals surface area contributed by atoms with Crippen molar-refractivity contribution in [2.75, 3.05) is 6.61 Å². The third-order valence-corrected chi connectivity index (χ3v) is 4.78. The largest absolute Gasteiger partial charge is 0.466 e. The zero-order chi connectivity index (χ0) is 18.4. The second kappa shape index (κ2) is 8.66. The maximum Gasteiger partial charge on any atom is 0.306 e. The van der Waals surface area contributed by atoms with Gasteiger partial charge in [0, 0.05) is 0 Å². The number of fused-ring (bicyclic) bond motifs is 1. The first kappa shape index (κ1) is 18.2. The molecule has 0 radical (unpaired) electrons. The van der Waals surface area contributed by atoms with E-state index in [1.165, 1.54) is 27.5 Å². The molecule has 1 unspecified atom stereocenters. The standard InChI is InChI=1S/C24H26O2/c1-18-8-5-9-20(16-18)10-7-15-26-24(25)17-19(2)22-14-6-12-21-11-3-4-13-23(21)22/h3-6,8-9,11-14,16,19H,7,10,15,17H2,1-2H3. The Bertz CT molecular complexity index is 877. The minimum Gasteiger partial charge on any atom is -0.466 e. The predicted octanol–water partition coefficient (Wildman–Crippen LogP) is 5.82. The van der Waals surface area contributed by atoms with Crippen LogP contribution in [-0.4, -0.2) is 12.6 Å². The van der Waals surface area contributed by atoms with Gasteiger partial charge in [-0.3, -0.25) is 4.79 Å². The minimum atomic E-state index is -0.116. The van der Waals surface area contributed by atoms with Gasteiger partial charge in [-0.15, -0.1) is 0 Å². The fraction of sp³-hybridized carbons (Fsp3) is 0.292. The van der Waals surface area contributed by atoms with Crippen LogP contribution in [0.2, 0.25) is 0 Å². The van der Waals surface area contributed by atoms with Crippen molar-refractivity contribution in [1.29, 1.82) is 0 Å². The van der Waals surface area contributed by atoms with Crippen LogP contribution in [0, 0.1) is 6.92 Å². The maximum atomic E-state index is 12.2. The van der Waals surface area contributed by atoms with E-state index < -0.39 is 0 Å². The Balaban J connectivity index is 1.50. The molecule has 3 aromatic rings. The van der Waals surface area contributed by atoms with E-state index in [-0.39, 0.29) is 11.9 Å². The molecular formula is C24H26O2. The topological polar surface area (TPSA) is 26.3 Å². The zero-order valence-electron chi connectivity index (χ0n) is 15.6. The van der Waals surface area contributed by atoms with Crippen molar-refractivity contribution < 1.29 is 9.53 Å². The summed E-state index contributed by atoms with van der Waals surface area (Å²) >= 11 is 0. The summed E-state index contributed by atoms with van der Waals surface area (Å²) in [6, 6.07) is 23.1. The molecule has 0 fully saturated rings.